The van der Waals surface area contributed by atoms with Crippen molar-refractivity contribution in [3.63, 3.8) is 0 Å². The third kappa shape index (κ3) is 3.15. The van der Waals surface area contributed by atoms with E-state index in [9.17, 15) is 4.79 Å². The van der Waals surface area contributed by atoms with Gasteiger partial charge in [0, 0.05) is 31.4 Å². The highest BCUT2D eigenvalue weighted by atomic mass is 16.2. The molecule has 2 heterocycles. The second-order valence-corrected chi connectivity index (χ2v) is 6.43. The predicted molar refractivity (Wildman–Crippen MR) is 84.5 cm³/mol. The van der Waals surface area contributed by atoms with Gasteiger partial charge in [-0.05, 0) is 57.2 Å². The summed E-state index contributed by atoms with van der Waals surface area (Å²) in [5.74, 6) is 0.211. The second-order valence-electron chi connectivity index (χ2n) is 6.43. The number of carbonyl (C=O) groups is 1. The maximum Gasteiger partial charge on any atom is 0.270 e. The van der Waals surface area contributed by atoms with Crippen molar-refractivity contribution < 1.29 is 4.79 Å². The Labute approximate surface area is 127 Å². The van der Waals surface area contributed by atoms with Crippen LogP contribution in [0, 0.1) is 0 Å². The van der Waals surface area contributed by atoms with Gasteiger partial charge in [-0.15, -0.1) is 0 Å². The minimum atomic E-state index is 0.211. The SMILES string of the molecule is CCCN(CC1CCCN1)C(=O)c1cccn1C1CCC1. The van der Waals surface area contributed by atoms with Gasteiger partial charge in [0.15, 0.2) is 0 Å². The topological polar surface area (TPSA) is 37.3 Å². The third-order valence-electron chi connectivity index (χ3n) is 4.85. The van der Waals surface area contributed by atoms with Crippen molar-refractivity contribution in [2.24, 2.45) is 0 Å². The number of amides is 1. The van der Waals surface area contributed by atoms with E-state index >= 15 is 0 Å². The Morgan fingerprint density at radius 2 is 2.24 bits per heavy atom. The summed E-state index contributed by atoms with van der Waals surface area (Å²) in [6, 6.07) is 5.04. The Bertz CT molecular complexity index is 472. The van der Waals surface area contributed by atoms with Crippen LogP contribution in [0.25, 0.3) is 0 Å². The minimum absolute atomic E-state index is 0.211. The molecule has 116 valence electrons. The lowest BCUT2D eigenvalue weighted by Crippen LogP contribution is -2.42. The van der Waals surface area contributed by atoms with E-state index in [4.69, 9.17) is 0 Å². The molecule has 21 heavy (non-hydrogen) atoms. The van der Waals surface area contributed by atoms with Crippen LogP contribution in [-0.2, 0) is 0 Å². The molecular weight excluding hydrogens is 262 g/mol. The Morgan fingerprint density at radius 3 is 2.86 bits per heavy atom. The smallest absolute Gasteiger partial charge is 0.270 e. The third-order valence-corrected chi connectivity index (χ3v) is 4.85. The first-order valence-corrected chi connectivity index (χ1v) is 8.49. The maximum atomic E-state index is 12.9. The van der Waals surface area contributed by atoms with Gasteiger partial charge in [-0.2, -0.15) is 0 Å². The zero-order valence-electron chi connectivity index (χ0n) is 13.1. The molecule has 1 aromatic rings. The number of carbonyl (C=O) groups excluding carboxylic acids is 1. The quantitative estimate of drug-likeness (QED) is 0.874. The van der Waals surface area contributed by atoms with Gasteiger partial charge in [-0.1, -0.05) is 6.92 Å². The zero-order valence-corrected chi connectivity index (χ0v) is 13.1. The number of aromatic nitrogens is 1. The molecule has 3 rings (SSSR count). The van der Waals surface area contributed by atoms with E-state index in [2.05, 4.69) is 23.0 Å². The van der Waals surface area contributed by atoms with E-state index in [-0.39, 0.29) is 5.91 Å². The standard InChI is InChI=1S/C17H27N3O/c1-2-11-19(13-14-6-4-10-18-14)17(21)16-9-5-12-20(16)15-7-3-8-15/h5,9,12,14-15,18H,2-4,6-8,10-11,13H2,1H3. The summed E-state index contributed by atoms with van der Waals surface area (Å²) in [6.07, 6.45) is 9.24. The first-order valence-electron chi connectivity index (χ1n) is 8.49. The molecule has 1 amide bonds. The van der Waals surface area contributed by atoms with E-state index in [0.717, 1.165) is 31.7 Å². The lowest BCUT2D eigenvalue weighted by molar-refractivity contribution is 0.0725. The Hall–Kier alpha value is -1.29. The molecule has 1 saturated heterocycles. The molecule has 1 aliphatic heterocycles. The van der Waals surface area contributed by atoms with E-state index in [1.54, 1.807) is 0 Å². The fourth-order valence-corrected chi connectivity index (χ4v) is 3.44. The van der Waals surface area contributed by atoms with E-state index in [0.29, 0.717) is 12.1 Å². The molecule has 0 aromatic carbocycles. The Kier molecular flexibility index (Phi) is 4.63. The van der Waals surface area contributed by atoms with Crippen molar-refractivity contribution in [3.05, 3.63) is 24.0 Å². The van der Waals surface area contributed by atoms with Gasteiger partial charge in [0.05, 0.1) is 0 Å². The molecule has 1 saturated carbocycles. The lowest BCUT2D eigenvalue weighted by Gasteiger charge is -2.31. The summed E-state index contributed by atoms with van der Waals surface area (Å²) in [5, 5.41) is 3.50. The van der Waals surface area contributed by atoms with Crippen LogP contribution in [0.1, 0.15) is 62.0 Å². The van der Waals surface area contributed by atoms with Crippen molar-refractivity contribution in [2.75, 3.05) is 19.6 Å². The maximum absolute atomic E-state index is 12.9. The summed E-state index contributed by atoms with van der Waals surface area (Å²) < 4.78 is 2.20. The van der Waals surface area contributed by atoms with Crippen molar-refractivity contribution in [3.8, 4) is 0 Å². The van der Waals surface area contributed by atoms with Crippen LogP contribution in [-0.4, -0.2) is 41.1 Å². The van der Waals surface area contributed by atoms with Gasteiger partial charge < -0.3 is 14.8 Å². The van der Waals surface area contributed by atoms with Gasteiger partial charge in [0.2, 0.25) is 0 Å². The molecule has 0 bridgehead atoms. The summed E-state index contributed by atoms with van der Waals surface area (Å²) in [5.41, 5.74) is 0.881. The first-order chi connectivity index (χ1) is 10.3. The molecule has 1 N–H and O–H groups in total. The van der Waals surface area contributed by atoms with Crippen LogP contribution in [0.4, 0.5) is 0 Å². The molecule has 2 aliphatic rings. The molecule has 0 spiro atoms. The van der Waals surface area contributed by atoms with E-state index < -0.39 is 0 Å². The number of nitrogens with one attached hydrogen (secondary N) is 1. The molecule has 1 atom stereocenters. The zero-order chi connectivity index (χ0) is 14.7. The van der Waals surface area contributed by atoms with Crippen LogP contribution >= 0.6 is 0 Å². The molecule has 1 aliphatic carbocycles. The summed E-state index contributed by atoms with van der Waals surface area (Å²) >= 11 is 0. The number of hydrogen-bond donors (Lipinski definition) is 1. The number of hydrogen-bond acceptors (Lipinski definition) is 2. The minimum Gasteiger partial charge on any atom is -0.340 e. The van der Waals surface area contributed by atoms with Gasteiger partial charge in [-0.3, -0.25) is 4.79 Å². The molecule has 1 aromatic heterocycles. The number of rotatable bonds is 6. The van der Waals surface area contributed by atoms with E-state index in [1.807, 2.05) is 17.0 Å². The van der Waals surface area contributed by atoms with Crippen molar-refractivity contribution in [1.82, 2.24) is 14.8 Å². The van der Waals surface area contributed by atoms with Crippen LogP contribution in [0.3, 0.4) is 0 Å². The van der Waals surface area contributed by atoms with Crippen LogP contribution in [0.2, 0.25) is 0 Å². The first kappa shape index (κ1) is 14.6. The molecular formula is C17H27N3O. The average molecular weight is 289 g/mol. The van der Waals surface area contributed by atoms with Gasteiger partial charge in [0.25, 0.3) is 5.91 Å². The van der Waals surface area contributed by atoms with Crippen molar-refractivity contribution >= 4 is 5.91 Å². The van der Waals surface area contributed by atoms with Gasteiger partial charge in [0.1, 0.15) is 5.69 Å². The molecule has 1 unspecified atom stereocenters. The fraction of sp³-hybridized carbons (Fsp3) is 0.706. The Balaban J connectivity index is 1.71. The van der Waals surface area contributed by atoms with Crippen LogP contribution in [0.5, 0.6) is 0 Å². The lowest BCUT2D eigenvalue weighted by atomic mass is 9.93. The van der Waals surface area contributed by atoms with Crippen molar-refractivity contribution in [2.45, 2.75) is 57.5 Å². The van der Waals surface area contributed by atoms with Crippen molar-refractivity contribution in [1.29, 1.82) is 0 Å². The molecule has 4 nitrogen and oxygen atoms in total. The summed E-state index contributed by atoms with van der Waals surface area (Å²) in [6.45, 7) is 4.94. The van der Waals surface area contributed by atoms with Crippen LogP contribution < -0.4 is 5.32 Å². The highest BCUT2D eigenvalue weighted by Crippen LogP contribution is 2.33. The number of nitrogens with zero attached hydrogens (tertiary/aromatic N) is 2. The Morgan fingerprint density at radius 1 is 1.38 bits per heavy atom. The fourth-order valence-electron chi connectivity index (χ4n) is 3.44. The second kappa shape index (κ2) is 6.65. The van der Waals surface area contributed by atoms with E-state index in [1.165, 1.54) is 32.1 Å². The highest BCUT2D eigenvalue weighted by Gasteiger charge is 2.27. The molecule has 0 radical (unpaired) electrons. The molecule has 4 heteroatoms. The average Bonchev–Trinajstić information content (AvgIpc) is 3.07. The van der Waals surface area contributed by atoms with Gasteiger partial charge in [-0.25, -0.2) is 0 Å². The monoisotopic (exact) mass is 289 g/mol. The van der Waals surface area contributed by atoms with Gasteiger partial charge >= 0.3 is 0 Å². The van der Waals surface area contributed by atoms with Crippen LogP contribution in [0.15, 0.2) is 18.3 Å². The predicted octanol–water partition coefficient (Wildman–Crippen LogP) is 2.82. The highest BCUT2D eigenvalue weighted by molar-refractivity contribution is 5.92. The largest absolute Gasteiger partial charge is 0.340 e. The summed E-state index contributed by atoms with van der Waals surface area (Å²) in [7, 11) is 0. The summed E-state index contributed by atoms with van der Waals surface area (Å²) in [4.78, 5) is 15.0. The molecule has 2 fully saturated rings. The normalized spacial score (nSPS) is 22.2.